The lowest BCUT2D eigenvalue weighted by atomic mass is 9.98. The van der Waals surface area contributed by atoms with E-state index in [4.69, 9.17) is 4.74 Å². The van der Waals surface area contributed by atoms with Crippen LogP contribution in [0.2, 0.25) is 0 Å². The Labute approximate surface area is 169 Å². The van der Waals surface area contributed by atoms with E-state index in [-0.39, 0.29) is 12.3 Å². The number of aryl methyl sites for hydroxylation is 1. The molecule has 0 aliphatic rings. The first-order valence-corrected chi connectivity index (χ1v) is 9.16. The van der Waals surface area contributed by atoms with Crippen LogP contribution in [-0.2, 0) is 4.79 Å². The van der Waals surface area contributed by atoms with Crippen molar-refractivity contribution in [3.05, 3.63) is 83.7 Å². The number of carbonyl (C=O) groups is 2. The van der Waals surface area contributed by atoms with Gasteiger partial charge >= 0.3 is 5.97 Å². The maximum atomic E-state index is 12.9. The number of aromatic nitrogens is 1. The summed E-state index contributed by atoms with van der Waals surface area (Å²) in [6, 6.07) is 16.0. The lowest BCUT2D eigenvalue weighted by Gasteiger charge is -2.19. The average molecular weight is 390 g/mol. The van der Waals surface area contributed by atoms with E-state index in [2.05, 4.69) is 10.3 Å². The fourth-order valence-electron chi connectivity index (χ4n) is 3.23. The van der Waals surface area contributed by atoms with Gasteiger partial charge in [-0.2, -0.15) is 0 Å². The van der Waals surface area contributed by atoms with Crippen LogP contribution < -0.4 is 10.1 Å². The number of para-hydroxylation sites is 1. The van der Waals surface area contributed by atoms with Crippen molar-refractivity contribution in [1.82, 2.24) is 10.3 Å². The van der Waals surface area contributed by atoms with E-state index >= 15 is 0 Å². The molecule has 6 nitrogen and oxygen atoms in total. The van der Waals surface area contributed by atoms with Crippen LogP contribution in [0.4, 0.5) is 0 Å². The Bertz CT molecular complexity index is 1030. The summed E-state index contributed by atoms with van der Waals surface area (Å²) in [7, 11) is 1.58. The van der Waals surface area contributed by atoms with Gasteiger partial charge in [0.15, 0.2) is 0 Å². The Morgan fingerprint density at radius 3 is 2.55 bits per heavy atom. The number of carbonyl (C=O) groups excluding carboxylic acids is 1. The topological polar surface area (TPSA) is 88.5 Å². The first-order chi connectivity index (χ1) is 14.0. The van der Waals surface area contributed by atoms with Crippen LogP contribution in [0, 0.1) is 6.92 Å². The highest BCUT2D eigenvalue weighted by molar-refractivity contribution is 5.95. The van der Waals surface area contributed by atoms with E-state index in [1.54, 1.807) is 19.4 Å². The number of methoxy groups -OCH3 is 1. The molecule has 0 spiro atoms. The van der Waals surface area contributed by atoms with Crippen molar-refractivity contribution < 1.29 is 19.4 Å². The summed E-state index contributed by atoms with van der Waals surface area (Å²) in [5.41, 5.74) is 3.59. The standard InChI is InChI=1S/C23H22N2O4/c1-15-7-3-4-8-18(15)20(12-22(26)27)25-23(28)17-11-16(13-24-14-17)19-9-5-6-10-21(19)29-2/h3-11,13-14,20H,12H2,1-2H3,(H,25,28)(H,26,27)/t20-/m0/s1. The number of carboxylic acids is 1. The highest BCUT2D eigenvalue weighted by Gasteiger charge is 2.21. The molecule has 1 atom stereocenters. The molecule has 0 bridgehead atoms. The molecule has 0 saturated heterocycles. The second-order valence-electron chi connectivity index (χ2n) is 6.64. The minimum absolute atomic E-state index is 0.212. The van der Waals surface area contributed by atoms with Crippen molar-refractivity contribution in [2.75, 3.05) is 7.11 Å². The van der Waals surface area contributed by atoms with Gasteiger partial charge in [-0.25, -0.2) is 0 Å². The molecule has 0 radical (unpaired) electrons. The molecule has 0 fully saturated rings. The molecule has 3 rings (SSSR count). The van der Waals surface area contributed by atoms with Crippen molar-refractivity contribution in [2.45, 2.75) is 19.4 Å². The Balaban J connectivity index is 1.89. The normalized spacial score (nSPS) is 11.5. The number of benzene rings is 2. The minimum atomic E-state index is -0.987. The number of pyridine rings is 1. The van der Waals surface area contributed by atoms with Crippen LogP contribution in [0.15, 0.2) is 67.0 Å². The monoisotopic (exact) mass is 390 g/mol. The van der Waals surface area contributed by atoms with Gasteiger partial charge in [-0.3, -0.25) is 14.6 Å². The maximum absolute atomic E-state index is 12.9. The molecular formula is C23H22N2O4. The molecule has 0 aliphatic heterocycles. The zero-order valence-electron chi connectivity index (χ0n) is 16.3. The van der Waals surface area contributed by atoms with Crippen molar-refractivity contribution >= 4 is 11.9 Å². The SMILES string of the molecule is COc1ccccc1-c1cncc(C(=O)N[C@@H](CC(=O)O)c2ccccc2C)c1. The summed E-state index contributed by atoms with van der Waals surface area (Å²) < 4.78 is 5.39. The van der Waals surface area contributed by atoms with Crippen LogP contribution in [0.1, 0.15) is 33.9 Å². The van der Waals surface area contributed by atoms with Gasteiger partial charge in [0.25, 0.3) is 5.91 Å². The second kappa shape index (κ2) is 9.01. The maximum Gasteiger partial charge on any atom is 0.305 e. The third-order valence-electron chi connectivity index (χ3n) is 4.67. The number of ether oxygens (including phenoxy) is 1. The second-order valence-corrected chi connectivity index (χ2v) is 6.64. The van der Waals surface area contributed by atoms with E-state index in [9.17, 15) is 14.7 Å². The summed E-state index contributed by atoms with van der Waals surface area (Å²) in [5.74, 6) is -0.696. The van der Waals surface area contributed by atoms with Gasteiger partial charge in [0, 0.05) is 23.5 Å². The van der Waals surface area contributed by atoms with Crippen LogP contribution in [-0.4, -0.2) is 29.1 Å². The first-order valence-electron chi connectivity index (χ1n) is 9.16. The summed E-state index contributed by atoms with van der Waals surface area (Å²) in [4.78, 5) is 28.4. The minimum Gasteiger partial charge on any atom is -0.496 e. The highest BCUT2D eigenvalue weighted by Crippen LogP contribution is 2.29. The van der Waals surface area contributed by atoms with Crippen LogP contribution in [0.3, 0.4) is 0 Å². The quantitative estimate of drug-likeness (QED) is 0.636. The van der Waals surface area contributed by atoms with Crippen molar-refractivity contribution in [2.24, 2.45) is 0 Å². The zero-order chi connectivity index (χ0) is 20.8. The number of aliphatic carboxylic acids is 1. The van der Waals surface area contributed by atoms with Gasteiger partial charge < -0.3 is 15.2 Å². The number of carboxylic acid groups (broad SMARTS) is 1. The summed E-state index contributed by atoms with van der Waals surface area (Å²) in [6.45, 7) is 1.89. The van der Waals surface area contributed by atoms with Crippen molar-refractivity contribution in [3.63, 3.8) is 0 Å². The third-order valence-corrected chi connectivity index (χ3v) is 4.67. The van der Waals surface area contributed by atoms with Crippen LogP contribution in [0.25, 0.3) is 11.1 Å². The Morgan fingerprint density at radius 2 is 1.83 bits per heavy atom. The molecule has 2 aromatic carbocycles. The Morgan fingerprint density at radius 1 is 1.10 bits per heavy atom. The van der Waals surface area contributed by atoms with E-state index in [1.165, 1.54) is 6.20 Å². The molecule has 2 N–H and O–H groups in total. The molecule has 1 heterocycles. The van der Waals surface area contributed by atoms with Crippen molar-refractivity contribution in [3.8, 4) is 16.9 Å². The van der Waals surface area contributed by atoms with Gasteiger partial charge in [-0.15, -0.1) is 0 Å². The third kappa shape index (κ3) is 4.79. The van der Waals surface area contributed by atoms with Gasteiger partial charge in [-0.05, 0) is 30.2 Å². The summed E-state index contributed by atoms with van der Waals surface area (Å²) >= 11 is 0. The first kappa shape index (κ1) is 20.1. The smallest absolute Gasteiger partial charge is 0.305 e. The molecule has 148 valence electrons. The molecule has 1 aromatic heterocycles. The number of rotatable bonds is 7. The number of hydrogen-bond acceptors (Lipinski definition) is 4. The fraction of sp³-hybridized carbons (Fsp3) is 0.174. The number of nitrogens with one attached hydrogen (secondary N) is 1. The van der Waals surface area contributed by atoms with Crippen molar-refractivity contribution in [1.29, 1.82) is 0 Å². The lowest BCUT2D eigenvalue weighted by molar-refractivity contribution is -0.137. The summed E-state index contributed by atoms with van der Waals surface area (Å²) in [6.07, 6.45) is 2.91. The lowest BCUT2D eigenvalue weighted by Crippen LogP contribution is -2.30. The summed E-state index contributed by atoms with van der Waals surface area (Å²) in [5, 5.41) is 12.1. The Hall–Kier alpha value is -3.67. The predicted molar refractivity (Wildman–Crippen MR) is 110 cm³/mol. The van der Waals surface area contributed by atoms with E-state index < -0.39 is 12.0 Å². The molecule has 6 heteroatoms. The predicted octanol–water partition coefficient (Wildman–Crippen LogP) is 4.01. The zero-order valence-corrected chi connectivity index (χ0v) is 16.3. The van der Waals surface area contributed by atoms with Crippen LogP contribution >= 0.6 is 0 Å². The average Bonchev–Trinajstić information content (AvgIpc) is 2.73. The molecular weight excluding hydrogens is 368 g/mol. The molecule has 1 amide bonds. The molecule has 0 unspecified atom stereocenters. The molecule has 0 saturated carbocycles. The fourth-order valence-corrected chi connectivity index (χ4v) is 3.23. The van der Waals surface area contributed by atoms with E-state index in [0.717, 1.165) is 22.3 Å². The van der Waals surface area contributed by atoms with Gasteiger partial charge in [0.05, 0.1) is 25.1 Å². The number of amides is 1. The van der Waals surface area contributed by atoms with E-state index in [0.29, 0.717) is 11.3 Å². The van der Waals surface area contributed by atoms with Gasteiger partial charge in [-0.1, -0.05) is 42.5 Å². The Kier molecular flexibility index (Phi) is 6.24. The van der Waals surface area contributed by atoms with Crippen LogP contribution in [0.5, 0.6) is 5.75 Å². The molecule has 29 heavy (non-hydrogen) atoms. The van der Waals surface area contributed by atoms with Gasteiger partial charge in [0.2, 0.25) is 0 Å². The number of nitrogens with zero attached hydrogens (tertiary/aromatic N) is 1. The van der Waals surface area contributed by atoms with Gasteiger partial charge in [0.1, 0.15) is 5.75 Å². The van der Waals surface area contributed by atoms with E-state index in [1.807, 2.05) is 55.5 Å². The molecule has 0 aliphatic carbocycles. The highest BCUT2D eigenvalue weighted by atomic mass is 16.5. The molecule has 3 aromatic rings. The number of hydrogen-bond donors (Lipinski definition) is 2. The largest absolute Gasteiger partial charge is 0.496 e.